The molecule has 1 aliphatic carbocycles. The van der Waals surface area contributed by atoms with Gasteiger partial charge in [-0.1, -0.05) is 44.2 Å². The molecule has 0 radical (unpaired) electrons. The van der Waals surface area contributed by atoms with Crippen molar-refractivity contribution in [2.45, 2.75) is 33.1 Å². The Morgan fingerprint density at radius 2 is 1.80 bits per heavy atom. The summed E-state index contributed by atoms with van der Waals surface area (Å²) in [5.74, 6) is 0. The third-order valence-corrected chi connectivity index (χ3v) is 4.13. The second kappa shape index (κ2) is 3.64. The average Bonchev–Trinajstić information content (AvgIpc) is 2.80. The molecule has 1 saturated carbocycles. The summed E-state index contributed by atoms with van der Waals surface area (Å²) in [6, 6.07) is 10.5. The number of aliphatic hydroxyl groups excluding tert-OH is 1. The fourth-order valence-corrected chi connectivity index (χ4v) is 2.61. The van der Waals surface area contributed by atoms with Crippen LogP contribution < -0.4 is 0 Å². The van der Waals surface area contributed by atoms with Gasteiger partial charge < -0.3 is 5.11 Å². The number of benzene rings is 1. The zero-order valence-electron chi connectivity index (χ0n) is 9.66. The van der Waals surface area contributed by atoms with Gasteiger partial charge in [0.2, 0.25) is 0 Å². The van der Waals surface area contributed by atoms with E-state index in [4.69, 9.17) is 0 Å². The molecule has 1 N–H and O–H groups in total. The summed E-state index contributed by atoms with van der Waals surface area (Å²) in [5, 5.41) is 9.47. The van der Waals surface area contributed by atoms with Crippen molar-refractivity contribution in [3.05, 3.63) is 35.9 Å². The molecule has 1 aliphatic rings. The van der Waals surface area contributed by atoms with E-state index in [0.717, 1.165) is 12.8 Å². The zero-order valence-corrected chi connectivity index (χ0v) is 9.66. The first kappa shape index (κ1) is 10.7. The highest BCUT2D eigenvalue weighted by atomic mass is 16.3. The highest BCUT2D eigenvalue weighted by Crippen LogP contribution is 2.65. The normalized spacial score (nSPS) is 27.7. The molecule has 1 atom stereocenters. The maximum absolute atomic E-state index is 9.47. The Kier molecular flexibility index (Phi) is 2.59. The van der Waals surface area contributed by atoms with Crippen LogP contribution in [0, 0.1) is 10.8 Å². The molecular formula is C14H20O. The maximum atomic E-state index is 9.47. The topological polar surface area (TPSA) is 20.2 Å². The van der Waals surface area contributed by atoms with Crippen molar-refractivity contribution in [3.63, 3.8) is 0 Å². The SMILES string of the molecule is CC1(C)CC1(CO)CCc1ccccc1. The van der Waals surface area contributed by atoms with Crippen LogP contribution in [0.3, 0.4) is 0 Å². The molecule has 0 spiro atoms. The lowest BCUT2D eigenvalue weighted by atomic mass is 9.90. The standard InChI is InChI=1S/C14H20O/c1-13(2)10-14(13,11-15)9-8-12-6-4-3-5-7-12/h3-7,15H,8-11H2,1-2H3. The highest BCUT2D eigenvalue weighted by Gasteiger charge is 2.59. The minimum absolute atomic E-state index is 0.197. The van der Waals surface area contributed by atoms with E-state index >= 15 is 0 Å². The number of aryl methyl sites for hydroxylation is 1. The Morgan fingerprint density at radius 3 is 2.27 bits per heavy atom. The predicted octanol–water partition coefficient (Wildman–Crippen LogP) is 3.03. The van der Waals surface area contributed by atoms with Gasteiger partial charge in [0.15, 0.2) is 0 Å². The van der Waals surface area contributed by atoms with E-state index in [2.05, 4.69) is 38.1 Å². The molecule has 82 valence electrons. The largest absolute Gasteiger partial charge is 0.396 e. The van der Waals surface area contributed by atoms with E-state index in [1.807, 2.05) is 6.07 Å². The van der Waals surface area contributed by atoms with Crippen molar-refractivity contribution in [1.29, 1.82) is 0 Å². The van der Waals surface area contributed by atoms with Crippen molar-refractivity contribution in [1.82, 2.24) is 0 Å². The van der Waals surface area contributed by atoms with Gasteiger partial charge in [0, 0.05) is 6.61 Å². The molecule has 2 rings (SSSR count). The Balaban J connectivity index is 1.94. The molecule has 0 bridgehead atoms. The van der Waals surface area contributed by atoms with E-state index in [1.54, 1.807) is 0 Å². The van der Waals surface area contributed by atoms with Gasteiger partial charge in [0.05, 0.1) is 0 Å². The lowest BCUT2D eigenvalue weighted by molar-refractivity contribution is 0.171. The molecule has 0 aliphatic heterocycles. The van der Waals surface area contributed by atoms with Crippen LogP contribution in [0.1, 0.15) is 32.3 Å². The van der Waals surface area contributed by atoms with Crippen LogP contribution >= 0.6 is 0 Å². The molecule has 0 saturated heterocycles. The molecule has 1 heteroatoms. The lowest BCUT2D eigenvalue weighted by Crippen LogP contribution is -2.15. The second-order valence-electron chi connectivity index (χ2n) is 5.48. The third-order valence-electron chi connectivity index (χ3n) is 4.13. The van der Waals surface area contributed by atoms with Crippen molar-refractivity contribution >= 4 is 0 Å². The third kappa shape index (κ3) is 1.93. The summed E-state index contributed by atoms with van der Waals surface area (Å²) in [5.41, 5.74) is 1.92. The van der Waals surface area contributed by atoms with E-state index in [-0.39, 0.29) is 5.41 Å². The van der Waals surface area contributed by atoms with Crippen LogP contribution in [-0.2, 0) is 6.42 Å². The molecule has 0 heterocycles. The predicted molar refractivity (Wildman–Crippen MR) is 62.7 cm³/mol. The molecule has 1 nitrogen and oxygen atoms in total. The number of hydrogen-bond donors (Lipinski definition) is 1. The van der Waals surface area contributed by atoms with Crippen molar-refractivity contribution in [2.24, 2.45) is 10.8 Å². The number of rotatable bonds is 4. The van der Waals surface area contributed by atoms with Gasteiger partial charge in [-0.05, 0) is 35.7 Å². The summed E-state index contributed by atoms with van der Waals surface area (Å²) >= 11 is 0. The minimum atomic E-state index is 0.197. The molecule has 1 fully saturated rings. The molecule has 1 unspecified atom stereocenters. The summed E-state index contributed by atoms with van der Waals surface area (Å²) in [4.78, 5) is 0. The quantitative estimate of drug-likeness (QED) is 0.799. The van der Waals surface area contributed by atoms with Crippen LogP contribution in [0.5, 0.6) is 0 Å². The monoisotopic (exact) mass is 204 g/mol. The van der Waals surface area contributed by atoms with Crippen LogP contribution in [-0.4, -0.2) is 11.7 Å². The summed E-state index contributed by atoms with van der Waals surface area (Å²) in [6.45, 7) is 4.86. The van der Waals surface area contributed by atoms with Gasteiger partial charge >= 0.3 is 0 Å². The summed E-state index contributed by atoms with van der Waals surface area (Å²) in [7, 11) is 0. The Labute approximate surface area is 92.1 Å². The molecule has 15 heavy (non-hydrogen) atoms. The lowest BCUT2D eigenvalue weighted by Gasteiger charge is -2.17. The highest BCUT2D eigenvalue weighted by molar-refractivity contribution is 5.17. The van der Waals surface area contributed by atoms with Crippen molar-refractivity contribution in [3.8, 4) is 0 Å². The van der Waals surface area contributed by atoms with Gasteiger partial charge in [-0.2, -0.15) is 0 Å². The average molecular weight is 204 g/mol. The fourth-order valence-electron chi connectivity index (χ4n) is 2.61. The molecule has 0 aromatic heterocycles. The smallest absolute Gasteiger partial charge is 0.0492 e. The molecule has 0 amide bonds. The summed E-state index contributed by atoms with van der Waals surface area (Å²) in [6.07, 6.45) is 3.37. The fraction of sp³-hybridized carbons (Fsp3) is 0.571. The van der Waals surface area contributed by atoms with Gasteiger partial charge in [-0.25, -0.2) is 0 Å². The van der Waals surface area contributed by atoms with Gasteiger partial charge in [0.25, 0.3) is 0 Å². The molecular weight excluding hydrogens is 184 g/mol. The van der Waals surface area contributed by atoms with Crippen LogP contribution in [0.25, 0.3) is 0 Å². The first-order valence-electron chi connectivity index (χ1n) is 5.74. The second-order valence-corrected chi connectivity index (χ2v) is 5.48. The Bertz CT molecular complexity index is 328. The zero-order chi connectivity index (χ0) is 10.9. The Hall–Kier alpha value is -0.820. The van der Waals surface area contributed by atoms with Gasteiger partial charge in [-0.3, -0.25) is 0 Å². The van der Waals surface area contributed by atoms with E-state index in [0.29, 0.717) is 12.0 Å². The first-order valence-corrected chi connectivity index (χ1v) is 5.74. The van der Waals surface area contributed by atoms with E-state index < -0.39 is 0 Å². The van der Waals surface area contributed by atoms with Crippen LogP contribution in [0.2, 0.25) is 0 Å². The molecule has 1 aromatic rings. The van der Waals surface area contributed by atoms with Gasteiger partial charge in [-0.15, -0.1) is 0 Å². The van der Waals surface area contributed by atoms with Crippen molar-refractivity contribution < 1.29 is 5.11 Å². The minimum Gasteiger partial charge on any atom is -0.396 e. The number of aliphatic hydroxyl groups is 1. The van der Waals surface area contributed by atoms with Crippen LogP contribution in [0.4, 0.5) is 0 Å². The van der Waals surface area contributed by atoms with Gasteiger partial charge in [0.1, 0.15) is 0 Å². The van der Waals surface area contributed by atoms with E-state index in [9.17, 15) is 5.11 Å². The molecule has 1 aromatic carbocycles. The number of hydrogen-bond acceptors (Lipinski definition) is 1. The summed E-state index contributed by atoms with van der Waals surface area (Å²) < 4.78 is 0. The van der Waals surface area contributed by atoms with Crippen LogP contribution in [0.15, 0.2) is 30.3 Å². The van der Waals surface area contributed by atoms with E-state index in [1.165, 1.54) is 12.0 Å². The Morgan fingerprint density at radius 1 is 1.20 bits per heavy atom. The van der Waals surface area contributed by atoms with Crippen molar-refractivity contribution in [2.75, 3.05) is 6.61 Å². The maximum Gasteiger partial charge on any atom is 0.0492 e. The first-order chi connectivity index (χ1) is 7.10.